The molecule has 21 heavy (non-hydrogen) atoms. The standard InChI is InChI=1S/C16H29N3O2/c1-11(2)15(20)18-13-5-8-19(9-6-13)16(21)14-10-12(3)4-7-17-14/h11-14,17H,4-10H2,1-3H3,(H,18,20). The maximum Gasteiger partial charge on any atom is 0.239 e. The molecule has 0 aromatic carbocycles. The van der Waals surface area contributed by atoms with Crippen molar-refractivity contribution < 1.29 is 9.59 Å². The monoisotopic (exact) mass is 295 g/mol. The highest BCUT2D eigenvalue weighted by molar-refractivity contribution is 5.82. The molecule has 2 fully saturated rings. The average Bonchev–Trinajstić information content (AvgIpc) is 2.47. The van der Waals surface area contributed by atoms with Gasteiger partial charge in [-0.05, 0) is 38.1 Å². The number of piperidine rings is 2. The lowest BCUT2D eigenvalue weighted by Crippen LogP contribution is -2.54. The first kappa shape index (κ1) is 16.3. The number of amides is 2. The summed E-state index contributed by atoms with van der Waals surface area (Å²) in [4.78, 5) is 26.2. The summed E-state index contributed by atoms with van der Waals surface area (Å²) in [5.41, 5.74) is 0. The number of nitrogens with zero attached hydrogens (tertiary/aromatic N) is 1. The molecule has 2 amide bonds. The van der Waals surface area contributed by atoms with Crippen LogP contribution in [-0.2, 0) is 9.59 Å². The SMILES string of the molecule is CC1CCNC(C(=O)N2CCC(NC(=O)C(C)C)CC2)C1. The van der Waals surface area contributed by atoms with Gasteiger partial charge < -0.3 is 15.5 Å². The van der Waals surface area contributed by atoms with Crippen molar-refractivity contribution in [3.63, 3.8) is 0 Å². The molecule has 120 valence electrons. The number of likely N-dealkylation sites (tertiary alicyclic amines) is 1. The maximum atomic E-state index is 12.5. The number of rotatable bonds is 3. The van der Waals surface area contributed by atoms with E-state index in [1.165, 1.54) is 0 Å². The number of carbonyl (C=O) groups is 2. The molecule has 2 aliphatic heterocycles. The average molecular weight is 295 g/mol. The van der Waals surface area contributed by atoms with Crippen molar-refractivity contribution >= 4 is 11.8 Å². The second-order valence-electron chi connectivity index (χ2n) is 6.90. The maximum absolute atomic E-state index is 12.5. The second kappa shape index (κ2) is 7.25. The molecule has 2 atom stereocenters. The predicted octanol–water partition coefficient (Wildman–Crippen LogP) is 1.14. The third-order valence-corrected chi connectivity index (χ3v) is 4.64. The summed E-state index contributed by atoms with van der Waals surface area (Å²) in [6.07, 6.45) is 3.84. The van der Waals surface area contributed by atoms with Crippen LogP contribution < -0.4 is 10.6 Å². The molecule has 0 saturated carbocycles. The van der Waals surface area contributed by atoms with E-state index in [1.807, 2.05) is 18.7 Å². The van der Waals surface area contributed by atoms with Gasteiger partial charge in [-0.15, -0.1) is 0 Å². The first-order chi connectivity index (χ1) is 9.97. The summed E-state index contributed by atoms with van der Waals surface area (Å²) < 4.78 is 0. The Morgan fingerprint density at radius 2 is 1.86 bits per heavy atom. The van der Waals surface area contributed by atoms with E-state index >= 15 is 0 Å². The van der Waals surface area contributed by atoms with Crippen molar-refractivity contribution in [2.75, 3.05) is 19.6 Å². The van der Waals surface area contributed by atoms with E-state index in [0.29, 0.717) is 5.92 Å². The van der Waals surface area contributed by atoms with Gasteiger partial charge in [-0.2, -0.15) is 0 Å². The zero-order valence-electron chi connectivity index (χ0n) is 13.5. The molecule has 0 aromatic heterocycles. The largest absolute Gasteiger partial charge is 0.353 e. The zero-order valence-corrected chi connectivity index (χ0v) is 13.5. The molecule has 0 aliphatic carbocycles. The van der Waals surface area contributed by atoms with Gasteiger partial charge in [-0.1, -0.05) is 20.8 Å². The minimum absolute atomic E-state index is 0.00412. The molecule has 0 spiro atoms. The highest BCUT2D eigenvalue weighted by Gasteiger charge is 2.31. The van der Waals surface area contributed by atoms with Gasteiger partial charge in [0.25, 0.3) is 0 Å². The van der Waals surface area contributed by atoms with Gasteiger partial charge in [-0.3, -0.25) is 9.59 Å². The van der Waals surface area contributed by atoms with E-state index in [-0.39, 0.29) is 29.8 Å². The molecule has 2 N–H and O–H groups in total. The minimum Gasteiger partial charge on any atom is -0.353 e. The molecule has 0 radical (unpaired) electrons. The van der Waals surface area contributed by atoms with Crippen molar-refractivity contribution in [1.29, 1.82) is 0 Å². The van der Waals surface area contributed by atoms with Crippen LogP contribution in [0.15, 0.2) is 0 Å². The van der Waals surface area contributed by atoms with E-state index in [2.05, 4.69) is 17.6 Å². The normalized spacial score (nSPS) is 27.7. The Labute approximate surface area is 127 Å². The summed E-state index contributed by atoms with van der Waals surface area (Å²) in [5.74, 6) is 1.01. The fourth-order valence-corrected chi connectivity index (χ4v) is 3.13. The van der Waals surface area contributed by atoms with Crippen LogP contribution in [0.1, 0.15) is 46.5 Å². The highest BCUT2D eigenvalue weighted by atomic mass is 16.2. The third kappa shape index (κ3) is 4.43. The molecular weight excluding hydrogens is 266 g/mol. The van der Waals surface area contributed by atoms with Crippen LogP contribution in [0.3, 0.4) is 0 Å². The van der Waals surface area contributed by atoms with Crippen molar-refractivity contribution in [2.24, 2.45) is 11.8 Å². The summed E-state index contributed by atoms with van der Waals surface area (Å²) in [6, 6.07) is 0.220. The Balaban J connectivity index is 1.78. The quantitative estimate of drug-likeness (QED) is 0.821. The fourth-order valence-electron chi connectivity index (χ4n) is 3.13. The van der Waals surface area contributed by atoms with E-state index in [9.17, 15) is 9.59 Å². The smallest absolute Gasteiger partial charge is 0.239 e. The predicted molar refractivity (Wildman–Crippen MR) is 82.8 cm³/mol. The van der Waals surface area contributed by atoms with Crippen LogP contribution in [0.5, 0.6) is 0 Å². The van der Waals surface area contributed by atoms with Crippen molar-refractivity contribution in [3.8, 4) is 0 Å². The molecule has 5 nitrogen and oxygen atoms in total. The number of nitrogens with one attached hydrogen (secondary N) is 2. The number of carbonyl (C=O) groups excluding carboxylic acids is 2. The topological polar surface area (TPSA) is 61.4 Å². The molecule has 2 unspecified atom stereocenters. The highest BCUT2D eigenvalue weighted by Crippen LogP contribution is 2.19. The van der Waals surface area contributed by atoms with Crippen LogP contribution in [0.25, 0.3) is 0 Å². The summed E-state index contributed by atoms with van der Waals surface area (Å²) in [6.45, 7) is 8.49. The summed E-state index contributed by atoms with van der Waals surface area (Å²) in [7, 11) is 0. The Hall–Kier alpha value is -1.10. The van der Waals surface area contributed by atoms with Gasteiger partial charge in [0.1, 0.15) is 0 Å². The molecular formula is C16H29N3O2. The summed E-state index contributed by atoms with van der Waals surface area (Å²) >= 11 is 0. The Morgan fingerprint density at radius 3 is 2.43 bits per heavy atom. The minimum atomic E-state index is -0.00412. The van der Waals surface area contributed by atoms with Crippen molar-refractivity contribution in [3.05, 3.63) is 0 Å². The number of hydrogen-bond acceptors (Lipinski definition) is 3. The van der Waals surface area contributed by atoms with E-state index in [0.717, 1.165) is 45.3 Å². The Bertz CT molecular complexity index is 376. The fraction of sp³-hybridized carbons (Fsp3) is 0.875. The van der Waals surface area contributed by atoms with E-state index in [1.54, 1.807) is 0 Å². The molecule has 5 heteroatoms. The Morgan fingerprint density at radius 1 is 1.19 bits per heavy atom. The third-order valence-electron chi connectivity index (χ3n) is 4.64. The lowest BCUT2D eigenvalue weighted by Gasteiger charge is -2.36. The zero-order chi connectivity index (χ0) is 15.4. The molecule has 2 heterocycles. The second-order valence-corrected chi connectivity index (χ2v) is 6.90. The van der Waals surface area contributed by atoms with Gasteiger partial charge >= 0.3 is 0 Å². The first-order valence-electron chi connectivity index (χ1n) is 8.30. The molecule has 2 rings (SSSR count). The van der Waals surface area contributed by atoms with Gasteiger partial charge in [0.15, 0.2) is 0 Å². The van der Waals surface area contributed by atoms with E-state index < -0.39 is 0 Å². The molecule has 0 aromatic rings. The van der Waals surface area contributed by atoms with Crippen LogP contribution in [0, 0.1) is 11.8 Å². The van der Waals surface area contributed by atoms with Crippen molar-refractivity contribution in [2.45, 2.75) is 58.5 Å². The lowest BCUT2D eigenvalue weighted by atomic mass is 9.93. The van der Waals surface area contributed by atoms with Gasteiger partial charge in [0, 0.05) is 25.0 Å². The molecule has 0 bridgehead atoms. The van der Waals surface area contributed by atoms with Crippen LogP contribution >= 0.6 is 0 Å². The van der Waals surface area contributed by atoms with Crippen molar-refractivity contribution in [1.82, 2.24) is 15.5 Å². The van der Waals surface area contributed by atoms with Gasteiger partial charge in [0.05, 0.1) is 6.04 Å². The molecule has 2 aliphatic rings. The van der Waals surface area contributed by atoms with Gasteiger partial charge in [-0.25, -0.2) is 0 Å². The Kier molecular flexibility index (Phi) is 5.62. The van der Waals surface area contributed by atoms with Gasteiger partial charge in [0.2, 0.25) is 11.8 Å². The molecule has 2 saturated heterocycles. The number of hydrogen-bond donors (Lipinski definition) is 2. The van der Waals surface area contributed by atoms with Crippen LogP contribution in [0.4, 0.5) is 0 Å². The van der Waals surface area contributed by atoms with Crippen LogP contribution in [0.2, 0.25) is 0 Å². The van der Waals surface area contributed by atoms with E-state index in [4.69, 9.17) is 0 Å². The lowest BCUT2D eigenvalue weighted by molar-refractivity contribution is -0.135. The first-order valence-corrected chi connectivity index (χ1v) is 8.30. The summed E-state index contributed by atoms with van der Waals surface area (Å²) in [5, 5.41) is 6.42. The van der Waals surface area contributed by atoms with Crippen LogP contribution in [-0.4, -0.2) is 48.4 Å².